The Kier molecular flexibility index (Phi) is 13.2. The van der Waals surface area contributed by atoms with Gasteiger partial charge in [-0.2, -0.15) is 0 Å². The molecule has 0 aliphatic heterocycles. The molecule has 4 N–H and O–H groups in total. The summed E-state index contributed by atoms with van der Waals surface area (Å²) in [6.07, 6.45) is 8.36. The van der Waals surface area contributed by atoms with Crippen molar-refractivity contribution in [1.29, 1.82) is 0 Å². The van der Waals surface area contributed by atoms with E-state index < -0.39 is 12.1 Å². The van der Waals surface area contributed by atoms with E-state index in [9.17, 15) is 4.79 Å². The predicted octanol–water partition coefficient (Wildman–Crippen LogP) is 3.56. The maximum Gasteiger partial charge on any atom is 0.332 e. The number of aliphatic hydroxyl groups is 1. The normalized spacial score (nSPS) is 14.2. The van der Waals surface area contributed by atoms with Crippen LogP contribution in [0, 0.1) is 5.92 Å². The molecule has 2 atom stereocenters. The lowest BCUT2D eigenvalue weighted by Gasteiger charge is -2.27. The van der Waals surface area contributed by atoms with Crippen LogP contribution in [-0.2, 0) is 4.79 Å². The maximum atomic E-state index is 9.45. The first-order valence-corrected chi connectivity index (χ1v) is 7.82. The topological polar surface area (TPSA) is 83.5 Å². The fourth-order valence-corrected chi connectivity index (χ4v) is 1.60. The van der Waals surface area contributed by atoms with Crippen molar-refractivity contribution in [2.75, 3.05) is 0 Å². The van der Waals surface area contributed by atoms with Crippen molar-refractivity contribution in [2.45, 2.75) is 91.2 Å². The van der Waals surface area contributed by atoms with E-state index in [0.29, 0.717) is 5.92 Å². The van der Waals surface area contributed by atoms with Crippen LogP contribution in [0.1, 0.15) is 79.6 Å². The molecular formula is C16H35NO3. The molecule has 0 aromatic carbocycles. The number of rotatable bonds is 9. The molecule has 0 spiro atoms. The standard InChI is InChI=1S/C13H29N.C3H6O3/c1-5-6-7-8-9-10-11-12(2)13(3,4)14;1-2(4)3(5)6/h12H,5-11,14H2,1-4H3;2,4H,1H3,(H,5,6). The van der Waals surface area contributed by atoms with Crippen molar-refractivity contribution >= 4 is 5.97 Å². The van der Waals surface area contributed by atoms with Crippen molar-refractivity contribution in [3.05, 3.63) is 0 Å². The highest BCUT2D eigenvalue weighted by molar-refractivity contribution is 5.71. The summed E-state index contributed by atoms with van der Waals surface area (Å²) in [6.45, 7) is 10.00. The first kappa shape index (κ1) is 21.7. The molecule has 4 nitrogen and oxygen atoms in total. The molecule has 20 heavy (non-hydrogen) atoms. The van der Waals surface area contributed by atoms with Gasteiger partial charge >= 0.3 is 5.97 Å². The van der Waals surface area contributed by atoms with Crippen molar-refractivity contribution in [3.63, 3.8) is 0 Å². The molecule has 0 radical (unpaired) electrons. The average molecular weight is 289 g/mol. The largest absolute Gasteiger partial charge is 0.479 e. The molecule has 0 bridgehead atoms. The van der Waals surface area contributed by atoms with Gasteiger partial charge in [0, 0.05) is 5.54 Å². The van der Waals surface area contributed by atoms with Gasteiger partial charge in [0.2, 0.25) is 0 Å². The summed E-state index contributed by atoms with van der Waals surface area (Å²) in [5.41, 5.74) is 6.04. The highest BCUT2D eigenvalue weighted by Gasteiger charge is 2.19. The molecular weight excluding hydrogens is 254 g/mol. The zero-order valence-corrected chi connectivity index (χ0v) is 14.0. The number of carbonyl (C=O) groups is 1. The van der Waals surface area contributed by atoms with Crippen LogP contribution >= 0.6 is 0 Å². The van der Waals surface area contributed by atoms with E-state index in [0.717, 1.165) is 0 Å². The Hall–Kier alpha value is -0.610. The molecule has 0 saturated heterocycles. The first-order chi connectivity index (χ1) is 9.12. The summed E-state index contributed by atoms with van der Waals surface area (Å²) < 4.78 is 0. The highest BCUT2D eigenvalue weighted by atomic mass is 16.4. The van der Waals surface area contributed by atoms with Crippen LogP contribution in [-0.4, -0.2) is 27.8 Å². The minimum Gasteiger partial charge on any atom is -0.479 e. The van der Waals surface area contributed by atoms with Crippen molar-refractivity contribution in [1.82, 2.24) is 0 Å². The number of nitrogens with two attached hydrogens (primary N) is 1. The molecule has 0 aliphatic carbocycles. The Morgan fingerprint density at radius 1 is 1.10 bits per heavy atom. The number of unbranched alkanes of at least 4 members (excludes halogenated alkanes) is 5. The zero-order valence-electron chi connectivity index (χ0n) is 14.0. The first-order valence-electron chi connectivity index (χ1n) is 7.82. The number of aliphatic hydroxyl groups excluding tert-OH is 1. The number of aliphatic carboxylic acids is 1. The maximum absolute atomic E-state index is 9.45. The highest BCUT2D eigenvalue weighted by Crippen LogP contribution is 2.20. The third-order valence-electron chi connectivity index (χ3n) is 3.62. The van der Waals surface area contributed by atoms with Crippen LogP contribution < -0.4 is 5.73 Å². The Labute approximate surface area is 124 Å². The predicted molar refractivity (Wildman–Crippen MR) is 84.7 cm³/mol. The second-order valence-electron chi connectivity index (χ2n) is 6.29. The molecule has 0 heterocycles. The molecule has 122 valence electrons. The third kappa shape index (κ3) is 15.4. The van der Waals surface area contributed by atoms with Gasteiger partial charge in [0.05, 0.1) is 0 Å². The lowest BCUT2D eigenvalue weighted by atomic mass is 9.86. The quantitative estimate of drug-likeness (QED) is 0.567. The minimum absolute atomic E-state index is 0.00339. The van der Waals surface area contributed by atoms with Gasteiger partial charge in [0.1, 0.15) is 6.10 Å². The monoisotopic (exact) mass is 289 g/mol. The van der Waals surface area contributed by atoms with Gasteiger partial charge in [-0.3, -0.25) is 0 Å². The molecule has 0 aliphatic rings. The average Bonchev–Trinajstić information content (AvgIpc) is 2.32. The fraction of sp³-hybridized carbons (Fsp3) is 0.938. The lowest BCUT2D eigenvalue weighted by Crippen LogP contribution is -2.39. The molecule has 0 fully saturated rings. The number of carboxylic acids is 1. The van der Waals surface area contributed by atoms with Crippen LogP contribution in [0.15, 0.2) is 0 Å². The Bertz CT molecular complexity index is 234. The van der Waals surface area contributed by atoms with Crippen molar-refractivity contribution in [3.8, 4) is 0 Å². The third-order valence-corrected chi connectivity index (χ3v) is 3.62. The van der Waals surface area contributed by atoms with Gasteiger partial charge in [-0.15, -0.1) is 0 Å². The molecule has 0 saturated carbocycles. The summed E-state index contributed by atoms with van der Waals surface area (Å²) in [4.78, 5) is 9.45. The second-order valence-corrected chi connectivity index (χ2v) is 6.29. The van der Waals surface area contributed by atoms with Gasteiger partial charge in [0.25, 0.3) is 0 Å². The molecule has 4 heteroatoms. The van der Waals surface area contributed by atoms with E-state index in [-0.39, 0.29) is 5.54 Å². The minimum atomic E-state index is -1.23. The fourth-order valence-electron chi connectivity index (χ4n) is 1.60. The van der Waals surface area contributed by atoms with E-state index in [1.165, 1.54) is 51.9 Å². The molecule has 0 aromatic heterocycles. The molecule has 0 rings (SSSR count). The van der Waals surface area contributed by atoms with Gasteiger partial charge in [0.15, 0.2) is 0 Å². The summed E-state index contributed by atoms with van der Waals surface area (Å²) in [7, 11) is 0. The van der Waals surface area contributed by atoms with Crippen LogP contribution in [0.5, 0.6) is 0 Å². The van der Waals surface area contributed by atoms with Crippen molar-refractivity contribution < 1.29 is 15.0 Å². The van der Waals surface area contributed by atoms with Crippen LogP contribution in [0.25, 0.3) is 0 Å². The Morgan fingerprint density at radius 2 is 1.50 bits per heavy atom. The number of hydrogen-bond acceptors (Lipinski definition) is 3. The molecule has 2 unspecified atom stereocenters. The van der Waals surface area contributed by atoms with Crippen molar-refractivity contribution in [2.24, 2.45) is 11.7 Å². The lowest BCUT2D eigenvalue weighted by molar-refractivity contribution is -0.145. The summed E-state index contributed by atoms with van der Waals surface area (Å²) in [6, 6.07) is 0. The van der Waals surface area contributed by atoms with Gasteiger partial charge < -0.3 is 15.9 Å². The SMILES string of the molecule is CC(O)C(=O)O.CCCCCCCCC(C)C(C)(C)N. The van der Waals surface area contributed by atoms with Crippen LogP contribution in [0.2, 0.25) is 0 Å². The second kappa shape index (κ2) is 12.2. The van der Waals surface area contributed by atoms with E-state index >= 15 is 0 Å². The van der Waals surface area contributed by atoms with E-state index in [4.69, 9.17) is 15.9 Å². The van der Waals surface area contributed by atoms with E-state index in [1.54, 1.807) is 0 Å². The summed E-state index contributed by atoms with van der Waals surface area (Å²) in [5, 5.41) is 15.8. The number of carboxylic acid groups (broad SMARTS) is 1. The number of hydrogen-bond donors (Lipinski definition) is 3. The zero-order chi connectivity index (χ0) is 16.2. The van der Waals surface area contributed by atoms with Crippen LogP contribution in [0.4, 0.5) is 0 Å². The molecule has 0 amide bonds. The molecule has 0 aromatic rings. The summed E-state index contributed by atoms with van der Waals surface area (Å²) in [5.74, 6) is -0.538. The van der Waals surface area contributed by atoms with Gasteiger partial charge in [-0.1, -0.05) is 52.4 Å². The van der Waals surface area contributed by atoms with Crippen LogP contribution in [0.3, 0.4) is 0 Å². The summed E-state index contributed by atoms with van der Waals surface area (Å²) >= 11 is 0. The van der Waals surface area contributed by atoms with Gasteiger partial charge in [-0.05, 0) is 33.1 Å². The Balaban J connectivity index is 0. The van der Waals surface area contributed by atoms with E-state index in [1.807, 2.05) is 0 Å². The smallest absolute Gasteiger partial charge is 0.332 e. The Morgan fingerprint density at radius 3 is 1.85 bits per heavy atom. The van der Waals surface area contributed by atoms with Gasteiger partial charge in [-0.25, -0.2) is 4.79 Å². The van der Waals surface area contributed by atoms with E-state index in [2.05, 4.69) is 27.7 Å².